The van der Waals surface area contributed by atoms with E-state index in [4.69, 9.17) is 9.25 Å². The Balaban J connectivity index is 1.94. The van der Waals surface area contributed by atoms with Gasteiger partial charge in [-0.2, -0.15) is 5.06 Å². The molecule has 7 heteroatoms. The summed E-state index contributed by atoms with van der Waals surface area (Å²) in [5.41, 5.74) is 0. The van der Waals surface area contributed by atoms with E-state index in [1.54, 1.807) is 12.1 Å². The molecule has 0 aromatic carbocycles. The zero-order valence-electron chi connectivity index (χ0n) is 9.62. The molecule has 2 heterocycles. The fraction of sp³-hybridized carbons (Fsp3) is 0.364. The first-order valence-electron chi connectivity index (χ1n) is 5.32. The van der Waals surface area contributed by atoms with Gasteiger partial charge in [-0.1, -0.05) is 11.8 Å². The molecule has 1 aromatic rings. The van der Waals surface area contributed by atoms with E-state index in [0.29, 0.717) is 13.0 Å². The lowest BCUT2D eigenvalue weighted by atomic mass is 10.4. The zero-order chi connectivity index (χ0) is 13.1. The minimum absolute atomic E-state index is 0.207. The van der Waals surface area contributed by atoms with Crippen molar-refractivity contribution < 1.29 is 23.6 Å². The van der Waals surface area contributed by atoms with Gasteiger partial charge in [0.05, 0.1) is 18.1 Å². The van der Waals surface area contributed by atoms with Crippen molar-refractivity contribution in [3.63, 3.8) is 0 Å². The Morgan fingerprint density at radius 3 is 2.94 bits per heavy atom. The van der Waals surface area contributed by atoms with E-state index in [-0.39, 0.29) is 16.8 Å². The van der Waals surface area contributed by atoms with Crippen molar-refractivity contribution in [2.24, 2.45) is 0 Å². The van der Waals surface area contributed by atoms with Gasteiger partial charge < -0.3 is 9.25 Å². The molecular weight excluding hydrogens is 258 g/mol. The molecule has 2 rings (SSSR count). The lowest BCUT2D eigenvalue weighted by Crippen LogP contribution is -2.30. The molecule has 0 spiro atoms. The molecule has 18 heavy (non-hydrogen) atoms. The summed E-state index contributed by atoms with van der Waals surface area (Å²) in [4.78, 5) is 39.0. The van der Waals surface area contributed by atoms with Gasteiger partial charge >= 0.3 is 5.97 Å². The molecule has 1 atom stereocenters. The summed E-state index contributed by atoms with van der Waals surface area (Å²) < 4.78 is 4.95. The molecule has 0 aliphatic carbocycles. The maximum Gasteiger partial charge on any atom is 0.329 e. The standard InChI is InChI=1S/C11H11NO5S/c1-7(13)17-12-5-4-9(10(12)14)18-11(15)8-3-2-6-16-8/h2-3,6,9H,4-5H2,1H3. The maximum atomic E-state index is 11.8. The minimum atomic E-state index is -0.550. The fourth-order valence-corrected chi connectivity index (χ4v) is 2.50. The molecule has 0 bridgehead atoms. The normalized spacial score (nSPS) is 19.1. The number of carbonyl (C=O) groups is 3. The van der Waals surface area contributed by atoms with Crippen LogP contribution in [0, 0.1) is 0 Å². The number of nitrogens with zero attached hydrogens (tertiary/aromatic N) is 1. The topological polar surface area (TPSA) is 76.8 Å². The van der Waals surface area contributed by atoms with E-state index in [0.717, 1.165) is 16.8 Å². The SMILES string of the molecule is CC(=O)ON1CCC(SC(=O)c2ccco2)C1=O. The highest BCUT2D eigenvalue weighted by Crippen LogP contribution is 2.27. The summed E-state index contributed by atoms with van der Waals surface area (Å²) in [7, 11) is 0. The average molecular weight is 269 g/mol. The second kappa shape index (κ2) is 5.26. The predicted molar refractivity (Wildman–Crippen MR) is 62.5 cm³/mol. The van der Waals surface area contributed by atoms with Crippen molar-refractivity contribution in [1.29, 1.82) is 0 Å². The van der Waals surface area contributed by atoms with Crippen LogP contribution in [0.5, 0.6) is 0 Å². The van der Waals surface area contributed by atoms with Crippen molar-refractivity contribution in [3.8, 4) is 0 Å². The van der Waals surface area contributed by atoms with E-state index in [1.807, 2.05) is 0 Å². The second-order valence-electron chi connectivity index (χ2n) is 3.68. The monoisotopic (exact) mass is 269 g/mol. The summed E-state index contributed by atoms with van der Waals surface area (Å²) in [5, 5.41) is 0.167. The van der Waals surface area contributed by atoms with Crippen LogP contribution in [0.2, 0.25) is 0 Å². The molecule has 96 valence electrons. The lowest BCUT2D eigenvalue weighted by Gasteiger charge is -2.13. The van der Waals surface area contributed by atoms with Crippen molar-refractivity contribution in [1.82, 2.24) is 5.06 Å². The Labute approximate surface area is 107 Å². The molecule has 1 unspecified atom stereocenters. The molecule has 0 radical (unpaired) electrons. The van der Waals surface area contributed by atoms with Crippen LogP contribution >= 0.6 is 11.8 Å². The highest BCUT2D eigenvalue weighted by molar-refractivity contribution is 8.15. The summed E-state index contributed by atoms with van der Waals surface area (Å²) in [6.07, 6.45) is 1.86. The van der Waals surface area contributed by atoms with Crippen LogP contribution in [0.4, 0.5) is 0 Å². The number of hydrogen-bond acceptors (Lipinski definition) is 6. The van der Waals surface area contributed by atoms with Gasteiger partial charge in [0.2, 0.25) is 0 Å². The van der Waals surface area contributed by atoms with Crippen LogP contribution < -0.4 is 0 Å². The van der Waals surface area contributed by atoms with E-state index in [9.17, 15) is 14.4 Å². The van der Waals surface area contributed by atoms with Gasteiger partial charge in [-0.3, -0.25) is 14.4 Å². The van der Waals surface area contributed by atoms with E-state index in [1.165, 1.54) is 13.2 Å². The number of hydrogen-bond donors (Lipinski definition) is 0. The Morgan fingerprint density at radius 2 is 2.33 bits per heavy atom. The first-order valence-corrected chi connectivity index (χ1v) is 6.20. The highest BCUT2D eigenvalue weighted by atomic mass is 32.2. The number of furan rings is 1. The molecule has 0 saturated carbocycles. The first-order chi connectivity index (χ1) is 8.58. The Bertz CT molecular complexity index is 470. The molecule has 1 amide bonds. The van der Waals surface area contributed by atoms with Crippen LogP contribution in [0.3, 0.4) is 0 Å². The van der Waals surface area contributed by atoms with Gasteiger partial charge in [0.15, 0.2) is 5.76 Å². The van der Waals surface area contributed by atoms with Gasteiger partial charge in [0.25, 0.3) is 11.0 Å². The van der Waals surface area contributed by atoms with Crippen molar-refractivity contribution in [3.05, 3.63) is 24.2 Å². The molecule has 1 saturated heterocycles. The van der Waals surface area contributed by atoms with E-state index < -0.39 is 11.2 Å². The molecule has 0 N–H and O–H groups in total. The third kappa shape index (κ3) is 2.73. The van der Waals surface area contributed by atoms with Gasteiger partial charge in [0.1, 0.15) is 0 Å². The Kier molecular flexibility index (Phi) is 3.71. The van der Waals surface area contributed by atoms with Gasteiger partial charge in [-0.25, -0.2) is 0 Å². The zero-order valence-corrected chi connectivity index (χ0v) is 10.4. The van der Waals surface area contributed by atoms with Crippen molar-refractivity contribution in [2.75, 3.05) is 6.54 Å². The predicted octanol–water partition coefficient (Wildman–Crippen LogP) is 1.23. The summed E-state index contributed by atoms with van der Waals surface area (Å²) in [6.45, 7) is 1.53. The number of amides is 1. The number of thioether (sulfide) groups is 1. The van der Waals surface area contributed by atoms with Crippen LogP contribution in [-0.2, 0) is 14.4 Å². The van der Waals surface area contributed by atoms with Crippen LogP contribution in [0.15, 0.2) is 22.8 Å². The minimum Gasteiger partial charge on any atom is -0.460 e. The van der Waals surface area contributed by atoms with Crippen molar-refractivity contribution >= 4 is 28.8 Å². The summed E-state index contributed by atoms with van der Waals surface area (Å²) in [6, 6.07) is 3.15. The molecule has 1 aliphatic heterocycles. The number of hydroxylamine groups is 2. The Hall–Kier alpha value is -1.76. The third-order valence-corrected chi connectivity index (χ3v) is 3.46. The first kappa shape index (κ1) is 12.7. The molecule has 6 nitrogen and oxygen atoms in total. The van der Waals surface area contributed by atoms with Gasteiger partial charge in [-0.15, -0.1) is 0 Å². The Morgan fingerprint density at radius 1 is 1.56 bits per heavy atom. The van der Waals surface area contributed by atoms with Gasteiger partial charge in [0, 0.05) is 6.92 Å². The molecule has 1 aliphatic rings. The van der Waals surface area contributed by atoms with E-state index >= 15 is 0 Å². The summed E-state index contributed by atoms with van der Waals surface area (Å²) >= 11 is 0.889. The highest BCUT2D eigenvalue weighted by Gasteiger charge is 2.36. The summed E-state index contributed by atoms with van der Waals surface area (Å²) in [5.74, 6) is -0.708. The number of rotatable bonds is 3. The average Bonchev–Trinajstić information content (AvgIpc) is 2.93. The third-order valence-electron chi connectivity index (χ3n) is 2.33. The number of carbonyl (C=O) groups excluding carboxylic acids is 3. The molecule has 1 fully saturated rings. The van der Waals surface area contributed by atoms with Crippen molar-refractivity contribution in [2.45, 2.75) is 18.6 Å². The van der Waals surface area contributed by atoms with Gasteiger partial charge in [-0.05, 0) is 18.6 Å². The van der Waals surface area contributed by atoms with E-state index in [2.05, 4.69) is 0 Å². The maximum absolute atomic E-state index is 11.8. The molecular formula is C11H11NO5S. The lowest BCUT2D eigenvalue weighted by molar-refractivity contribution is -0.190. The molecule has 1 aromatic heterocycles. The largest absolute Gasteiger partial charge is 0.460 e. The van der Waals surface area contributed by atoms with Crippen LogP contribution in [0.1, 0.15) is 23.9 Å². The second-order valence-corrected chi connectivity index (χ2v) is 4.86. The van der Waals surface area contributed by atoms with Crippen LogP contribution in [-0.4, -0.2) is 33.8 Å². The fourth-order valence-electron chi connectivity index (χ4n) is 1.57. The van der Waals surface area contributed by atoms with Crippen LogP contribution in [0.25, 0.3) is 0 Å². The quantitative estimate of drug-likeness (QED) is 0.821. The smallest absolute Gasteiger partial charge is 0.329 e.